The molecule has 0 radical (unpaired) electrons. The van der Waals surface area contributed by atoms with E-state index in [9.17, 15) is 8.78 Å². The summed E-state index contributed by atoms with van der Waals surface area (Å²) in [7, 11) is 0. The molecule has 13 heavy (non-hydrogen) atoms. The lowest BCUT2D eigenvalue weighted by Gasteiger charge is -1.98. The Bertz CT molecular complexity index is 413. The van der Waals surface area contributed by atoms with Gasteiger partial charge in [0.1, 0.15) is 0 Å². The number of halogens is 2. The average molecular weight is 184 g/mol. The minimum absolute atomic E-state index is 0.0643. The van der Waals surface area contributed by atoms with Crippen molar-refractivity contribution < 1.29 is 13.5 Å². The molecule has 5 heteroatoms. The zero-order valence-corrected chi connectivity index (χ0v) is 6.50. The lowest BCUT2D eigenvalue weighted by Crippen LogP contribution is -2.02. The molecule has 0 saturated heterocycles. The van der Waals surface area contributed by atoms with E-state index in [1.807, 2.05) is 0 Å². The Hall–Kier alpha value is -1.65. The molecule has 2 aromatic rings. The molecule has 68 valence electrons. The predicted molar refractivity (Wildman–Crippen MR) is 42.7 cm³/mol. The standard InChI is InChI=1S/C8H6F2N2O/c9-8(10)13-7-5-3-1-2-4-6(5)11-12-7/h1-4,8H,(H,11,12). The Morgan fingerprint density at radius 1 is 1.31 bits per heavy atom. The monoisotopic (exact) mass is 184 g/mol. The van der Waals surface area contributed by atoms with E-state index >= 15 is 0 Å². The molecular weight excluding hydrogens is 178 g/mol. The highest BCUT2D eigenvalue weighted by molar-refractivity contribution is 5.83. The van der Waals surface area contributed by atoms with Crippen molar-refractivity contribution in [2.24, 2.45) is 0 Å². The molecule has 1 heterocycles. The molecule has 0 aliphatic rings. The van der Waals surface area contributed by atoms with Crippen LogP contribution in [0.5, 0.6) is 5.88 Å². The van der Waals surface area contributed by atoms with Crippen molar-refractivity contribution in [3.05, 3.63) is 24.3 Å². The van der Waals surface area contributed by atoms with Crippen molar-refractivity contribution in [2.75, 3.05) is 0 Å². The Labute approximate surface area is 72.3 Å². The number of aromatic amines is 1. The van der Waals surface area contributed by atoms with Crippen LogP contribution >= 0.6 is 0 Å². The van der Waals surface area contributed by atoms with Crippen LogP contribution < -0.4 is 4.74 Å². The van der Waals surface area contributed by atoms with Gasteiger partial charge in [0.2, 0.25) is 5.88 Å². The highest BCUT2D eigenvalue weighted by Crippen LogP contribution is 2.22. The minimum atomic E-state index is -2.84. The first kappa shape index (κ1) is 7.97. The van der Waals surface area contributed by atoms with Gasteiger partial charge < -0.3 is 4.74 Å². The lowest BCUT2D eigenvalue weighted by molar-refractivity contribution is -0.0518. The fraction of sp³-hybridized carbons (Fsp3) is 0.125. The molecule has 0 atom stereocenters. The summed E-state index contributed by atoms with van der Waals surface area (Å²) in [6.45, 7) is -2.84. The zero-order chi connectivity index (χ0) is 9.26. The highest BCUT2D eigenvalue weighted by Gasteiger charge is 2.10. The second-order valence-electron chi connectivity index (χ2n) is 2.45. The second kappa shape index (κ2) is 3.01. The highest BCUT2D eigenvalue weighted by atomic mass is 19.3. The van der Waals surface area contributed by atoms with E-state index < -0.39 is 6.61 Å². The van der Waals surface area contributed by atoms with Gasteiger partial charge in [0, 0.05) is 0 Å². The molecule has 0 bridgehead atoms. The Morgan fingerprint density at radius 2 is 2.08 bits per heavy atom. The number of nitrogens with zero attached hydrogens (tertiary/aromatic N) is 1. The van der Waals surface area contributed by atoms with Gasteiger partial charge in [-0.15, -0.1) is 5.10 Å². The maximum atomic E-state index is 11.8. The Morgan fingerprint density at radius 3 is 2.85 bits per heavy atom. The second-order valence-corrected chi connectivity index (χ2v) is 2.45. The summed E-state index contributed by atoms with van der Waals surface area (Å²) in [6, 6.07) is 6.92. The summed E-state index contributed by atoms with van der Waals surface area (Å²) in [6.07, 6.45) is 0. The molecule has 3 nitrogen and oxygen atoms in total. The van der Waals surface area contributed by atoms with Gasteiger partial charge >= 0.3 is 6.61 Å². The largest absolute Gasteiger partial charge is 0.415 e. The first-order chi connectivity index (χ1) is 6.27. The number of H-pyrrole nitrogens is 1. The molecule has 2 rings (SSSR count). The van der Waals surface area contributed by atoms with Gasteiger partial charge in [0.25, 0.3) is 0 Å². The summed E-state index contributed by atoms with van der Waals surface area (Å²) >= 11 is 0. The fourth-order valence-corrected chi connectivity index (χ4v) is 1.11. The van der Waals surface area contributed by atoms with Crippen molar-refractivity contribution in [1.29, 1.82) is 0 Å². The number of hydrogen-bond donors (Lipinski definition) is 1. The number of para-hydroxylation sites is 1. The van der Waals surface area contributed by atoms with Gasteiger partial charge in [-0.2, -0.15) is 8.78 Å². The van der Waals surface area contributed by atoms with Crippen LogP contribution in [-0.4, -0.2) is 16.8 Å². The summed E-state index contributed by atoms with van der Waals surface area (Å²) in [5, 5.41) is 6.75. The number of fused-ring (bicyclic) bond motifs is 1. The average Bonchev–Trinajstić information content (AvgIpc) is 2.48. The third-order valence-corrected chi connectivity index (χ3v) is 1.64. The minimum Gasteiger partial charge on any atom is -0.415 e. The molecule has 0 aliphatic carbocycles. The number of ether oxygens (including phenoxy) is 1. The quantitative estimate of drug-likeness (QED) is 0.776. The number of hydrogen-bond acceptors (Lipinski definition) is 2. The molecule has 0 spiro atoms. The molecule has 0 amide bonds. The van der Waals surface area contributed by atoms with Crippen LogP contribution in [-0.2, 0) is 0 Å². The maximum absolute atomic E-state index is 11.8. The van der Waals surface area contributed by atoms with E-state index in [-0.39, 0.29) is 5.88 Å². The number of alkyl halides is 2. The van der Waals surface area contributed by atoms with Crippen LogP contribution in [0.3, 0.4) is 0 Å². The molecular formula is C8H6F2N2O. The molecule has 1 aromatic carbocycles. The van der Waals surface area contributed by atoms with Crippen molar-refractivity contribution >= 4 is 10.9 Å². The molecule has 0 saturated carbocycles. The van der Waals surface area contributed by atoms with E-state index in [0.29, 0.717) is 10.9 Å². The summed E-state index contributed by atoms with van der Waals surface area (Å²) < 4.78 is 27.9. The number of benzene rings is 1. The summed E-state index contributed by atoms with van der Waals surface area (Å²) in [4.78, 5) is 0. The molecule has 1 aromatic heterocycles. The normalized spacial score (nSPS) is 11.0. The van der Waals surface area contributed by atoms with Crippen LogP contribution in [0.2, 0.25) is 0 Å². The van der Waals surface area contributed by atoms with E-state index in [0.717, 1.165) is 0 Å². The topological polar surface area (TPSA) is 37.9 Å². The molecule has 0 aliphatic heterocycles. The Balaban J connectivity index is 2.46. The third kappa shape index (κ3) is 1.44. The maximum Gasteiger partial charge on any atom is 0.388 e. The predicted octanol–water partition coefficient (Wildman–Crippen LogP) is 2.16. The van der Waals surface area contributed by atoms with Gasteiger partial charge in [-0.25, -0.2) is 0 Å². The number of aromatic nitrogens is 2. The van der Waals surface area contributed by atoms with Gasteiger partial charge in [-0.3, -0.25) is 5.10 Å². The first-order valence-electron chi connectivity index (χ1n) is 3.65. The first-order valence-corrected chi connectivity index (χ1v) is 3.65. The van der Waals surface area contributed by atoms with Crippen molar-refractivity contribution in [2.45, 2.75) is 6.61 Å². The lowest BCUT2D eigenvalue weighted by atomic mass is 10.2. The summed E-state index contributed by atoms with van der Waals surface area (Å²) in [5.74, 6) is -0.0643. The number of nitrogens with one attached hydrogen (secondary N) is 1. The van der Waals surface area contributed by atoms with Crippen LogP contribution in [0.15, 0.2) is 24.3 Å². The van der Waals surface area contributed by atoms with Gasteiger partial charge in [0.05, 0.1) is 10.9 Å². The summed E-state index contributed by atoms with van der Waals surface area (Å²) in [5.41, 5.74) is 0.679. The zero-order valence-electron chi connectivity index (χ0n) is 6.50. The van der Waals surface area contributed by atoms with E-state index in [1.165, 1.54) is 0 Å². The van der Waals surface area contributed by atoms with Crippen LogP contribution in [0, 0.1) is 0 Å². The smallest absolute Gasteiger partial charge is 0.388 e. The molecule has 0 fully saturated rings. The molecule has 0 unspecified atom stereocenters. The third-order valence-electron chi connectivity index (χ3n) is 1.64. The fourth-order valence-electron chi connectivity index (χ4n) is 1.11. The van der Waals surface area contributed by atoms with Crippen LogP contribution in [0.25, 0.3) is 10.9 Å². The molecule has 1 N–H and O–H groups in total. The van der Waals surface area contributed by atoms with Gasteiger partial charge in [-0.1, -0.05) is 12.1 Å². The Kier molecular flexibility index (Phi) is 1.84. The van der Waals surface area contributed by atoms with Crippen molar-refractivity contribution in [3.8, 4) is 5.88 Å². The SMILES string of the molecule is FC(F)Oc1n[nH]c2ccccc12. The van der Waals surface area contributed by atoms with E-state index in [2.05, 4.69) is 14.9 Å². The van der Waals surface area contributed by atoms with E-state index in [4.69, 9.17) is 0 Å². The van der Waals surface area contributed by atoms with Crippen LogP contribution in [0.1, 0.15) is 0 Å². The van der Waals surface area contributed by atoms with Crippen molar-refractivity contribution in [1.82, 2.24) is 10.2 Å². The number of rotatable bonds is 2. The van der Waals surface area contributed by atoms with Gasteiger partial charge in [-0.05, 0) is 12.1 Å². The van der Waals surface area contributed by atoms with Crippen LogP contribution in [0.4, 0.5) is 8.78 Å². The van der Waals surface area contributed by atoms with E-state index in [1.54, 1.807) is 24.3 Å². The van der Waals surface area contributed by atoms with Crippen molar-refractivity contribution in [3.63, 3.8) is 0 Å². The van der Waals surface area contributed by atoms with Gasteiger partial charge in [0.15, 0.2) is 0 Å².